The van der Waals surface area contributed by atoms with Gasteiger partial charge in [-0.15, -0.1) is 0 Å². The molecule has 0 spiro atoms. The summed E-state index contributed by atoms with van der Waals surface area (Å²) in [6.45, 7) is 5.48. The molecule has 0 aromatic carbocycles. The Morgan fingerprint density at radius 2 is 2.21 bits per heavy atom. The third-order valence-electron chi connectivity index (χ3n) is 1.66. The molecule has 14 heavy (non-hydrogen) atoms. The fraction of sp³-hybridized carbons (Fsp3) is 0.778. The molecular formula is C9H14O5. The molecule has 5 heteroatoms. The number of rotatable bonds is 2. The van der Waals surface area contributed by atoms with Crippen LogP contribution in [-0.4, -0.2) is 31.4 Å². The number of esters is 1. The highest BCUT2D eigenvalue weighted by atomic mass is 16.8. The van der Waals surface area contributed by atoms with Crippen molar-refractivity contribution >= 4 is 12.1 Å². The third-order valence-corrected chi connectivity index (χ3v) is 1.66. The molecule has 0 aromatic rings. The van der Waals surface area contributed by atoms with Gasteiger partial charge >= 0.3 is 12.1 Å². The topological polar surface area (TPSA) is 61.8 Å². The molecule has 0 aliphatic carbocycles. The molecule has 0 bridgehead atoms. The number of carbonyl (C=O) groups is 2. The molecule has 1 saturated heterocycles. The summed E-state index contributed by atoms with van der Waals surface area (Å²) in [5.74, 6) is -0.319. The Hall–Kier alpha value is -1.26. The lowest BCUT2D eigenvalue weighted by Gasteiger charge is -2.17. The normalized spacial score (nSPS) is 21.4. The molecule has 0 amide bonds. The van der Waals surface area contributed by atoms with Crippen LogP contribution in [0.1, 0.15) is 20.8 Å². The zero-order valence-electron chi connectivity index (χ0n) is 8.53. The van der Waals surface area contributed by atoms with E-state index >= 15 is 0 Å². The summed E-state index contributed by atoms with van der Waals surface area (Å²) in [7, 11) is 0. The number of hydrogen-bond acceptors (Lipinski definition) is 5. The molecule has 1 aliphatic rings. The predicted octanol–water partition coefficient (Wildman–Crippen LogP) is 1.11. The standard InChI is InChI=1S/C9H14O5/c1-9(2,3)7(10)12-4-6-5-13-8(11)14-6/h6H,4-5H2,1-3H3. The first-order valence-electron chi connectivity index (χ1n) is 4.40. The second-order valence-corrected chi connectivity index (χ2v) is 4.15. The van der Waals surface area contributed by atoms with Gasteiger partial charge in [-0.2, -0.15) is 0 Å². The molecule has 0 aromatic heterocycles. The summed E-state index contributed by atoms with van der Waals surface area (Å²) >= 11 is 0. The minimum Gasteiger partial charge on any atom is -0.461 e. The van der Waals surface area contributed by atoms with Crippen LogP contribution in [0.25, 0.3) is 0 Å². The molecule has 0 saturated carbocycles. The molecule has 1 aliphatic heterocycles. The monoisotopic (exact) mass is 202 g/mol. The van der Waals surface area contributed by atoms with Crippen LogP contribution in [0.5, 0.6) is 0 Å². The molecule has 1 atom stereocenters. The van der Waals surface area contributed by atoms with Gasteiger partial charge in [0.15, 0.2) is 6.10 Å². The average Bonchev–Trinajstić information content (AvgIpc) is 2.45. The molecular weight excluding hydrogens is 188 g/mol. The molecule has 1 rings (SSSR count). The van der Waals surface area contributed by atoms with Crippen LogP contribution >= 0.6 is 0 Å². The summed E-state index contributed by atoms with van der Waals surface area (Å²) in [5.41, 5.74) is -0.538. The average molecular weight is 202 g/mol. The Kier molecular flexibility index (Phi) is 2.98. The Morgan fingerprint density at radius 1 is 1.57 bits per heavy atom. The van der Waals surface area contributed by atoms with Crippen molar-refractivity contribution in [3.8, 4) is 0 Å². The molecule has 5 nitrogen and oxygen atoms in total. The SMILES string of the molecule is CC(C)(C)C(=O)OCC1COC(=O)O1. The lowest BCUT2D eigenvalue weighted by molar-refractivity contribution is -0.155. The van der Waals surface area contributed by atoms with Crippen molar-refractivity contribution in [2.75, 3.05) is 13.2 Å². The number of hydrogen-bond donors (Lipinski definition) is 0. The van der Waals surface area contributed by atoms with Gasteiger partial charge in [-0.25, -0.2) is 4.79 Å². The van der Waals surface area contributed by atoms with Crippen LogP contribution < -0.4 is 0 Å². The fourth-order valence-corrected chi connectivity index (χ4v) is 0.832. The van der Waals surface area contributed by atoms with E-state index < -0.39 is 17.7 Å². The first-order chi connectivity index (χ1) is 6.39. The summed E-state index contributed by atoms with van der Waals surface area (Å²) in [6, 6.07) is 0. The maximum Gasteiger partial charge on any atom is 0.508 e. The Bertz CT molecular complexity index is 240. The lowest BCUT2D eigenvalue weighted by atomic mass is 9.97. The fourth-order valence-electron chi connectivity index (χ4n) is 0.832. The van der Waals surface area contributed by atoms with Crippen molar-refractivity contribution in [3.05, 3.63) is 0 Å². The highest BCUT2D eigenvalue weighted by Gasteiger charge is 2.29. The summed E-state index contributed by atoms with van der Waals surface area (Å²) in [4.78, 5) is 21.8. The zero-order valence-corrected chi connectivity index (χ0v) is 8.53. The molecule has 80 valence electrons. The van der Waals surface area contributed by atoms with Crippen LogP contribution in [0.2, 0.25) is 0 Å². The third kappa shape index (κ3) is 2.90. The molecule has 0 N–H and O–H groups in total. The van der Waals surface area contributed by atoms with Gasteiger partial charge in [-0.05, 0) is 20.8 Å². The van der Waals surface area contributed by atoms with E-state index in [-0.39, 0.29) is 19.2 Å². The van der Waals surface area contributed by atoms with Crippen molar-refractivity contribution < 1.29 is 23.8 Å². The van der Waals surface area contributed by atoms with E-state index in [0.29, 0.717) is 0 Å². The summed E-state index contributed by atoms with van der Waals surface area (Å²) in [6.07, 6.45) is -1.17. The number of cyclic esters (lactones) is 2. The van der Waals surface area contributed by atoms with Crippen molar-refractivity contribution in [2.45, 2.75) is 26.9 Å². The minimum atomic E-state index is -0.707. The van der Waals surface area contributed by atoms with Gasteiger partial charge < -0.3 is 14.2 Å². The lowest BCUT2D eigenvalue weighted by Crippen LogP contribution is -2.28. The quantitative estimate of drug-likeness (QED) is 0.628. The predicted molar refractivity (Wildman–Crippen MR) is 46.6 cm³/mol. The molecule has 1 unspecified atom stereocenters. The van der Waals surface area contributed by atoms with E-state index in [1.54, 1.807) is 20.8 Å². The summed E-state index contributed by atoms with van der Waals surface area (Å²) < 4.78 is 14.2. The van der Waals surface area contributed by atoms with Gasteiger partial charge in [0, 0.05) is 0 Å². The van der Waals surface area contributed by atoms with Crippen LogP contribution in [0.4, 0.5) is 4.79 Å². The van der Waals surface area contributed by atoms with E-state index in [1.165, 1.54) is 0 Å². The second-order valence-electron chi connectivity index (χ2n) is 4.15. The number of ether oxygens (including phenoxy) is 3. The van der Waals surface area contributed by atoms with Gasteiger partial charge in [-0.1, -0.05) is 0 Å². The van der Waals surface area contributed by atoms with Crippen molar-refractivity contribution in [2.24, 2.45) is 5.41 Å². The van der Waals surface area contributed by atoms with Crippen molar-refractivity contribution in [1.82, 2.24) is 0 Å². The van der Waals surface area contributed by atoms with E-state index in [2.05, 4.69) is 9.47 Å². The van der Waals surface area contributed by atoms with E-state index in [9.17, 15) is 9.59 Å². The molecule has 1 fully saturated rings. The van der Waals surface area contributed by atoms with Gasteiger partial charge in [0.25, 0.3) is 0 Å². The van der Waals surface area contributed by atoms with E-state index in [0.717, 1.165) is 0 Å². The maximum atomic E-state index is 11.3. The number of carbonyl (C=O) groups excluding carboxylic acids is 2. The Labute approximate surface area is 82.3 Å². The van der Waals surface area contributed by atoms with Gasteiger partial charge in [0.2, 0.25) is 0 Å². The first kappa shape index (κ1) is 10.8. The van der Waals surface area contributed by atoms with Crippen molar-refractivity contribution in [1.29, 1.82) is 0 Å². The summed E-state index contributed by atoms with van der Waals surface area (Å²) in [5, 5.41) is 0. The van der Waals surface area contributed by atoms with Crippen LogP contribution in [0, 0.1) is 5.41 Å². The van der Waals surface area contributed by atoms with Crippen LogP contribution in [0.3, 0.4) is 0 Å². The van der Waals surface area contributed by atoms with Crippen LogP contribution in [0.15, 0.2) is 0 Å². The Balaban J connectivity index is 2.28. The Morgan fingerprint density at radius 3 is 2.64 bits per heavy atom. The second kappa shape index (κ2) is 3.86. The smallest absolute Gasteiger partial charge is 0.461 e. The van der Waals surface area contributed by atoms with Crippen molar-refractivity contribution in [3.63, 3.8) is 0 Å². The van der Waals surface area contributed by atoms with E-state index in [4.69, 9.17) is 4.74 Å². The highest BCUT2D eigenvalue weighted by molar-refractivity contribution is 5.75. The largest absolute Gasteiger partial charge is 0.508 e. The maximum absolute atomic E-state index is 11.3. The molecule has 1 heterocycles. The van der Waals surface area contributed by atoms with Gasteiger partial charge in [-0.3, -0.25) is 4.79 Å². The highest BCUT2D eigenvalue weighted by Crippen LogP contribution is 2.16. The first-order valence-corrected chi connectivity index (χ1v) is 4.40. The minimum absolute atomic E-state index is 0.0574. The van der Waals surface area contributed by atoms with E-state index in [1.807, 2.05) is 0 Å². The molecule has 0 radical (unpaired) electrons. The van der Waals surface area contributed by atoms with Crippen LogP contribution in [-0.2, 0) is 19.0 Å². The van der Waals surface area contributed by atoms with Gasteiger partial charge in [0.05, 0.1) is 5.41 Å². The zero-order chi connectivity index (χ0) is 10.8. The van der Waals surface area contributed by atoms with Gasteiger partial charge in [0.1, 0.15) is 13.2 Å².